The van der Waals surface area contributed by atoms with Gasteiger partial charge in [0.1, 0.15) is 34.3 Å². The third kappa shape index (κ3) is 5.57. The number of nitrogens with two attached hydrogens (primary N) is 1. The molecule has 0 radical (unpaired) electrons. The number of nitrogens with zero attached hydrogens (tertiary/aromatic N) is 3. The minimum atomic E-state index is -0.645. The van der Waals surface area contributed by atoms with Crippen molar-refractivity contribution in [2.45, 2.75) is 43.9 Å². The van der Waals surface area contributed by atoms with Crippen LogP contribution in [-0.2, 0) is 4.79 Å². The molecule has 184 valence electrons. The van der Waals surface area contributed by atoms with Gasteiger partial charge in [-0.05, 0) is 42.5 Å². The van der Waals surface area contributed by atoms with Crippen molar-refractivity contribution in [3.05, 3.63) is 63.7 Å². The zero-order valence-electron chi connectivity index (χ0n) is 20.6. The number of amides is 1. The van der Waals surface area contributed by atoms with Crippen LogP contribution in [0, 0.1) is 29.6 Å². The van der Waals surface area contributed by atoms with E-state index >= 15 is 0 Å². The highest BCUT2D eigenvalue weighted by Gasteiger charge is 2.25. The summed E-state index contributed by atoms with van der Waals surface area (Å²) in [5, 5.41) is 22.8. The third-order valence-corrected chi connectivity index (χ3v) is 7.17. The molecule has 7 nitrogen and oxygen atoms in total. The number of ether oxygens (including phenoxy) is 1. The number of aryl methyl sites for hydroxylation is 1. The molecule has 1 atom stereocenters. The molecule has 1 unspecified atom stereocenters. The number of benzene rings is 2. The summed E-state index contributed by atoms with van der Waals surface area (Å²) in [7, 11) is 1.49. The lowest BCUT2D eigenvalue weighted by Crippen LogP contribution is -2.23. The lowest BCUT2D eigenvalue weighted by atomic mass is 9.94. The Bertz CT molecular complexity index is 1390. The number of thioether (sulfide) groups is 1. The van der Waals surface area contributed by atoms with E-state index in [1.807, 2.05) is 31.2 Å². The van der Waals surface area contributed by atoms with E-state index in [2.05, 4.69) is 36.3 Å². The SMILES string of the molecule is COc1cc(Cl)c(C)cc1NC(=O)C(C)Sc1nc(N)c(C#N)c(-c2ccc(C(C)C)cc2)c1C#N. The van der Waals surface area contributed by atoms with Crippen LogP contribution in [0.4, 0.5) is 11.5 Å². The summed E-state index contributed by atoms with van der Waals surface area (Å²) in [5.41, 5.74) is 9.95. The maximum absolute atomic E-state index is 13.0. The van der Waals surface area contributed by atoms with Gasteiger partial charge in [0.2, 0.25) is 5.91 Å². The highest BCUT2D eigenvalue weighted by Crippen LogP contribution is 2.38. The smallest absolute Gasteiger partial charge is 0.237 e. The van der Waals surface area contributed by atoms with Gasteiger partial charge >= 0.3 is 0 Å². The van der Waals surface area contributed by atoms with Crippen molar-refractivity contribution in [3.63, 3.8) is 0 Å². The monoisotopic (exact) mass is 519 g/mol. The van der Waals surface area contributed by atoms with Gasteiger partial charge in [-0.15, -0.1) is 0 Å². The van der Waals surface area contributed by atoms with E-state index < -0.39 is 5.25 Å². The van der Waals surface area contributed by atoms with Crippen LogP contribution >= 0.6 is 23.4 Å². The second-order valence-corrected chi connectivity index (χ2v) is 10.2. The number of rotatable bonds is 7. The van der Waals surface area contributed by atoms with Crippen molar-refractivity contribution >= 4 is 40.8 Å². The molecule has 0 spiro atoms. The van der Waals surface area contributed by atoms with Crippen molar-refractivity contribution in [2.75, 3.05) is 18.2 Å². The number of carbonyl (C=O) groups excluding carboxylic acids is 1. The predicted molar refractivity (Wildman–Crippen MR) is 144 cm³/mol. The summed E-state index contributed by atoms with van der Waals surface area (Å²) in [6, 6.07) is 15.3. The Balaban J connectivity index is 1.98. The molecule has 3 N–H and O–H groups in total. The minimum Gasteiger partial charge on any atom is -0.495 e. The van der Waals surface area contributed by atoms with Crippen LogP contribution in [0.5, 0.6) is 5.75 Å². The molecule has 0 aliphatic rings. The second kappa shape index (κ2) is 11.3. The van der Waals surface area contributed by atoms with Gasteiger partial charge in [-0.1, -0.05) is 61.5 Å². The molecule has 2 aromatic carbocycles. The van der Waals surface area contributed by atoms with Crippen LogP contribution in [0.25, 0.3) is 11.1 Å². The molecule has 3 aromatic rings. The van der Waals surface area contributed by atoms with Crippen LogP contribution in [0.3, 0.4) is 0 Å². The van der Waals surface area contributed by atoms with Crippen LogP contribution in [-0.4, -0.2) is 23.3 Å². The summed E-state index contributed by atoms with van der Waals surface area (Å²) in [5.74, 6) is 0.448. The van der Waals surface area contributed by atoms with E-state index in [1.54, 1.807) is 19.1 Å². The highest BCUT2D eigenvalue weighted by molar-refractivity contribution is 8.00. The number of anilines is 2. The topological polar surface area (TPSA) is 125 Å². The van der Waals surface area contributed by atoms with Gasteiger partial charge in [-0.2, -0.15) is 10.5 Å². The van der Waals surface area contributed by atoms with E-state index in [0.29, 0.717) is 33.5 Å². The Morgan fingerprint density at radius 2 is 1.78 bits per heavy atom. The summed E-state index contributed by atoms with van der Waals surface area (Å²) in [4.78, 5) is 17.3. The Hall–Kier alpha value is -3.72. The van der Waals surface area contributed by atoms with Crippen molar-refractivity contribution in [1.29, 1.82) is 10.5 Å². The van der Waals surface area contributed by atoms with E-state index in [1.165, 1.54) is 7.11 Å². The first-order chi connectivity index (χ1) is 17.1. The maximum atomic E-state index is 13.0. The molecule has 1 amide bonds. The standard InChI is InChI=1S/C27H26ClN5O2S/c1-14(2)17-6-8-18(9-7-17)24-19(12-29)25(31)33-27(20(24)13-30)36-16(4)26(34)32-22-10-15(3)21(28)11-23(22)35-5/h6-11,14,16H,1-5H3,(H2,31,33)(H,32,34). The Kier molecular flexibility index (Phi) is 8.47. The Morgan fingerprint density at radius 3 is 2.33 bits per heavy atom. The van der Waals surface area contributed by atoms with Crippen LogP contribution in [0.2, 0.25) is 5.02 Å². The fourth-order valence-electron chi connectivity index (χ4n) is 3.59. The fourth-order valence-corrected chi connectivity index (χ4v) is 4.66. The van der Waals surface area contributed by atoms with Crippen LogP contribution in [0.15, 0.2) is 41.4 Å². The number of halogens is 1. The number of aromatic nitrogens is 1. The molecule has 1 heterocycles. The molecule has 0 fully saturated rings. The molecular weight excluding hydrogens is 494 g/mol. The summed E-state index contributed by atoms with van der Waals surface area (Å²) in [6.45, 7) is 7.70. The molecule has 0 saturated heterocycles. The largest absolute Gasteiger partial charge is 0.495 e. The fraction of sp³-hybridized carbons (Fsp3) is 0.259. The molecule has 0 saturated carbocycles. The molecule has 9 heteroatoms. The average Bonchev–Trinajstić information content (AvgIpc) is 2.85. The van der Waals surface area contributed by atoms with Gasteiger partial charge in [0.15, 0.2) is 0 Å². The number of nitriles is 2. The van der Waals surface area contributed by atoms with Crippen LogP contribution in [0.1, 0.15) is 48.9 Å². The van der Waals surface area contributed by atoms with Crippen molar-refractivity contribution in [1.82, 2.24) is 4.98 Å². The van der Waals surface area contributed by atoms with Crippen molar-refractivity contribution in [3.8, 4) is 29.0 Å². The zero-order valence-corrected chi connectivity index (χ0v) is 22.2. The number of nitrogen functional groups attached to an aromatic ring is 1. The van der Waals surface area contributed by atoms with Gasteiger partial charge in [0.25, 0.3) is 0 Å². The molecule has 0 bridgehead atoms. The lowest BCUT2D eigenvalue weighted by molar-refractivity contribution is -0.115. The predicted octanol–water partition coefficient (Wildman–Crippen LogP) is 6.29. The first kappa shape index (κ1) is 26.9. The summed E-state index contributed by atoms with van der Waals surface area (Å²) in [6.07, 6.45) is 0. The van der Waals surface area contributed by atoms with Gasteiger partial charge in [-0.3, -0.25) is 4.79 Å². The molecule has 0 aliphatic heterocycles. The first-order valence-corrected chi connectivity index (χ1v) is 12.4. The Labute approximate surface area is 220 Å². The maximum Gasteiger partial charge on any atom is 0.237 e. The molecular formula is C27H26ClN5O2S. The normalized spacial score (nSPS) is 11.5. The summed E-state index contributed by atoms with van der Waals surface area (Å²) < 4.78 is 5.34. The molecule has 1 aromatic heterocycles. The van der Waals surface area contributed by atoms with Gasteiger partial charge < -0.3 is 15.8 Å². The molecule has 36 heavy (non-hydrogen) atoms. The van der Waals surface area contributed by atoms with Crippen molar-refractivity contribution in [2.24, 2.45) is 0 Å². The average molecular weight is 520 g/mol. The second-order valence-electron chi connectivity index (χ2n) is 8.48. The first-order valence-electron chi connectivity index (χ1n) is 11.2. The quantitative estimate of drug-likeness (QED) is 0.351. The Morgan fingerprint density at radius 1 is 1.14 bits per heavy atom. The zero-order chi connectivity index (χ0) is 26.6. The van der Waals surface area contributed by atoms with Crippen molar-refractivity contribution < 1.29 is 9.53 Å². The van der Waals surface area contributed by atoms with Gasteiger partial charge in [0.05, 0.1) is 23.6 Å². The van der Waals surface area contributed by atoms with E-state index in [0.717, 1.165) is 22.9 Å². The van der Waals surface area contributed by atoms with E-state index in [9.17, 15) is 15.3 Å². The number of pyridine rings is 1. The van der Waals surface area contributed by atoms with E-state index in [4.69, 9.17) is 22.1 Å². The molecule has 0 aliphatic carbocycles. The number of methoxy groups -OCH3 is 1. The summed E-state index contributed by atoms with van der Waals surface area (Å²) >= 11 is 7.25. The number of nitrogens with one attached hydrogen (secondary N) is 1. The minimum absolute atomic E-state index is 0.00420. The van der Waals surface area contributed by atoms with Gasteiger partial charge in [-0.25, -0.2) is 4.98 Å². The molecule has 3 rings (SSSR count). The highest BCUT2D eigenvalue weighted by atomic mass is 35.5. The lowest BCUT2D eigenvalue weighted by Gasteiger charge is -2.17. The number of hydrogen-bond acceptors (Lipinski definition) is 7. The van der Waals surface area contributed by atoms with E-state index in [-0.39, 0.29) is 27.9 Å². The number of hydrogen-bond donors (Lipinski definition) is 2. The van der Waals surface area contributed by atoms with Gasteiger partial charge in [0, 0.05) is 16.7 Å². The number of carbonyl (C=O) groups is 1. The van der Waals surface area contributed by atoms with Crippen LogP contribution < -0.4 is 15.8 Å². The third-order valence-electron chi connectivity index (χ3n) is 5.68.